The number of benzene rings is 3. The third-order valence-corrected chi connectivity index (χ3v) is 7.52. The van der Waals surface area contributed by atoms with Crippen LogP contribution in [0, 0.1) is 12.7 Å². The normalized spacial score (nSPS) is 15.1. The fourth-order valence-corrected chi connectivity index (χ4v) is 4.99. The number of fused-ring (bicyclic) bond motifs is 1. The first kappa shape index (κ1) is 30.0. The second kappa shape index (κ2) is 11.0. The molecule has 0 saturated heterocycles. The molecule has 1 atom stereocenters. The fraction of sp³-hybridized carbons (Fsp3) is 0.148. The molecule has 16 heteroatoms. The Kier molecular flexibility index (Phi) is 7.66. The highest BCUT2D eigenvalue weighted by Crippen LogP contribution is 2.37. The highest BCUT2D eigenvalue weighted by Gasteiger charge is 2.35. The highest BCUT2D eigenvalue weighted by atomic mass is 35.5. The molecule has 1 aromatic heterocycles. The van der Waals surface area contributed by atoms with Crippen molar-refractivity contribution in [2.75, 3.05) is 5.32 Å². The predicted octanol–water partition coefficient (Wildman–Crippen LogP) is 5.21. The molecule has 1 unspecified atom stereocenters. The molecule has 1 amide bonds. The van der Waals surface area contributed by atoms with Gasteiger partial charge in [-0.2, -0.15) is 21.6 Å². The van der Waals surface area contributed by atoms with Crippen LogP contribution in [0.5, 0.6) is 0 Å². The van der Waals surface area contributed by atoms with Crippen LogP contribution >= 0.6 is 11.6 Å². The van der Waals surface area contributed by atoms with Crippen molar-refractivity contribution in [1.82, 2.24) is 5.32 Å². The van der Waals surface area contributed by atoms with Crippen molar-refractivity contribution in [2.24, 2.45) is 5.16 Å². The molecule has 0 saturated carbocycles. The number of nitrogens with zero attached hydrogens (tertiary/aromatic N) is 1. The molecule has 5 rings (SSSR count). The summed E-state index contributed by atoms with van der Waals surface area (Å²) in [4.78, 5) is 31.0. The van der Waals surface area contributed by atoms with Crippen LogP contribution in [0.4, 0.5) is 23.2 Å². The Balaban J connectivity index is 1.60. The Morgan fingerprint density at radius 2 is 1.86 bits per heavy atom. The van der Waals surface area contributed by atoms with Crippen LogP contribution in [-0.2, 0) is 32.3 Å². The van der Waals surface area contributed by atoms with Gasteiger partial charge in [0.2, 0.25) is 5.91 Å². The van der Waals surface area contributed by atoms with Gasteiger partial charge in [0, 0.05) is 27.6 Å². The zero-order valence-electron chi connectivity index (χ0n) is 21.6. The Morgan fingerprint density at radius 3 is 2.53 bits per heavy atom. The Morgan fingerprint density at radius 1 is 1.14 bits per heavy atom. The number of oxime groups is 1. The summed E-state index contributed by atoms with van der Waals surface area (Å²) in [6.07, 6.45) is -5.73. The molecular weight excluding hydrogens is 622 g/mol. The van der Waals surface area contributed by atoms with Crippen LogP contribution in [0.15, 0.2) is 69.0 Å². The van der Waals surface area contributed by atoms with Crippen LogP contribution in [0.2, 0.25) is 5.02 Å². The fourth-order valence-electron chi connectivity index (χ4n) is 4.43. The van der Waals surface area contributed by atoms with Gasteiger partial charge in [-0.15, -0.1) is 0 Å². The lowest BCUT2D eigenvalue weighted by Gasteiger charge is -2.16. The number of rotatable bonds is 6. The average molecular weight is 640 g/mol. The lowest BCUT2D eigenvalue weighted by atomic mass is 9.93. The van der Waals surface area contributed by atoms with E-state index in [-0.39, 0.29) is 39.2 Å². The monoisotopic (exact) mass is 639 g/mol. The van der Waals surface area contributed by atoms with E-state index in [1.165, 1.54) is 24.3 Å². The van der Waals surface area contributed by atoms with Gasteiger partial charge in [0.25, 0.3) is 0 Å². The standard InChI is InChI=1S/C27H18ClF4N3O7S/c1-12-7-16-21(11-19(12)28)41-25(37)17(10-22(36)33-20-6-5-15(29)9-18(20)27(30,31)32)23(16)13-3-2-4-14(8-13)24-34-26(42-35-24)43(38,39)40/h2-9,11,26H,10H2,1H3,(H,33,36)(H,34,35)(H,38,39,40). The van der Waals surface area contributed by atoms with E-state index in [9.17, 15) is 40.1 Å². The molecule has 2 heterocycles. The highest BCUT2D eigenvalue weighted by molar-refractivity contribution is 7.86. The first-order valence-electron chi connectivity index (χ1n) is 12.1. The number of hydrogen-bond donors (Lipinski definition) is 3. The minimum absolute atomic E-state index is 0.0501. The van der Waals surface area contributed by atoms with Gasteiger partial charge in [0.15, 0.2) is 5.84 Å². The number of anilines is 1. The average Bonchev–Trinajstić information content (AvgIpc) is 3.42. The van der Waals surface area contributed by atoms with E-state index in [0.29, 0.717) is 16.5 Å². The number of halogens is 5. The summed E-state index contributed by atoms with van der Waals surface area (Å²) in [5.74, 6) is -2.27. The first-order chi connectivity index (χ1) is 20.1. The molecule has 0 spiro atoms. The van der Waals surface area contributed by atoms with Gasteiger partial charge in [-0.1, -0.05) is 35.0 Å². The van der Waals surface area contributed by atoms with E-state index in [2.05, 4.69) is 15.8 Å². The zero-order valence-corrected chi connectivity index (χ0v) is 23.2. The van der Waals surface area contributed by atoms with Crippen molar-refractivity contribution in [1.29, 1.82) is 0 Å². The Labute approximate surface area is 244 Å². The topological polar surface area (TPSA) is 147 Å². The SMILES string of the molecule is Cc1cc2c(-c3cccc(C4=NOC(S(=O)(=O)O)N4)c3)c(CC(=O)Nc3ccc(F)cc3C(F)(F)F)c(=O)oc2cc1Cl. The summed E-state index contributed by atoms with van der Waals surface area (Å²) in [7, 11) is -4.66. The van der Waals surface area contributed by atoms with Crippen LogP contribution in [-0.4, -0.2) is 30.3 Å². The summed E-state index contributed by atoms with van der Waals surface area (Å²) in [5.41, 5.74) is -3.84. The van der Waals surface area contributed by atoms with E-state index in [4.69, 9.17) is 20.9 Å². The number of nitrogens with one attached hydrogen (secondary N) is 2. The van der Waals surface area contributed by atoms with Crippen molar-refractivity contribution in [3.05, 3.63) is 98.1 Å². The van der Waals surface area contributed by atoms with E-state index in [1.807, 2.05) is 0 Å². The van der Waals surface area contributed by atoms with Gasteiger partial charge in [-0.3, -0.25) is 9.35 Å². The van der Waals surface area contributed by atoms with Gasteiger partial charge >= 0.3 is 27.5 Å². The van der Waals surface area contributed by atoms with Crippen LogP contribution in [0.1, 0.15) is 22.3 Å². The summed E-state index contributed by atoms with van der Waals surface area (Å²) >= 11 is 6.23. The second-order valence-electron chi connectivity index (χ2n) is 9.37. The Hall–Kier alpha value is -4.47. The maximum absolute atomic E-state index is 13.6. The summed E-state index contributed by atoms with van der Waals surface area (Å²) in [6, 6.07) is 10.8. The number of hydrogen-bond acceptors (Lipinski definition) is 8. The first-order valence-corrected chi connectivity index (χ1v) is 14.0. The minimum atomic E-state index is -4.98. The van der Waals surface area contributed by atoms with Gasteiger partial charge in [0.05, 0.1) is 23.2 Å². The largest absolute Gasteiger partial charge is 0.422 e. The lowest BCUT2D eigenvalue weighted by Crippen LogP contribution is -2.36. The molecule has 10 nitrogen and oxygen atoms in total. The minimum Gasteiger partial charge on any atom is -0.422 e. The molecule has 224 valence electrons. The molecule has 0 bridgehead atoms. The second-order valence-corrected chi connectivity index (χ2v) is 11.2. The molecule has 0 aliphatic carbocycles. The molecule has 4 aromatic rings. The Bertz CT molecular complexity index is 2000. The molecule has 0 fully saturated rings. The molecule has 3 N–H and O–H groups in total. The number of carbonyl (C=O) groups excluding carboxylic acids is 1. The predicted molar refractivity (Wildman–Crippen MR) is 147 cm³/mol. The molecule has 3 aromatic carbocycles. The molecular formula is C27H18ClF4N3O7S. The molecule has 0 radical (unpaired) electrons. The summed E-state index contributed by atoms with van der Waals surface area (Å²) in [5, 5.41) is 8.72. The number of alkyl halides is 3. The molecule has 43 heavy (non-hydrogen) atoms. The number of aryl methyl sites for hydroxylation is 1. The van der Waals surface area contributed by atoms with E-state index in [0.717, 1.165) is 12.1 Å². The van der Waals surface area contributed by atoms with Crippen LogP contribution in [0.25, 0.3) is 22.1 Å². The van der Waals surface area contributed by atoms with Crippen molar-refractivity contribution < 1.29 is 44.6 Å². The number of amidine groups is 1. The zero-order chi connectivity index (χ0) is 31.3. The van der Waals surface area contributed by atoms with Crippen LogP contribution < -0.4 is 16.3 Å². The van der Waals surface area contributed by atoms with Crippen LogP contribution in [0.3, 0.4) is 0 Å². The smallest absolute Gasteiger partial charge is 0.418 e. The van der Waals surface area contributed by atoms with E-state index in [1.54, 1.807) is 19.1 Å². The maximum Gasteiger partial charge on any atom is 0.418 e. The maximum atomic E-state index is 13.6. The third kappa shape index (κ3) is 6.18. The van der Waals surface area contributed by atoms with Crippen molar-refractivity contribution in [3.63, 3.8) is 0 Å². The number of amides is 1. The van der Waals surface area contributed by atoms with Gasteiger partial charge < -0.3 is 19.9 Å². The third-order valence-electron chi connectivity index (χ3n) is 6.37. The lowest BCUT2D eigenvalue weighted by molar-refractivity contribution is -0.137. The van der Waals surface area contributed by atoms with Crippen molar-refractivity contribution >= 4 is 50.1 Å². The van der Waals surface area contributed by atoms with Gasteiger partial charge in [-0.25, -0.2) is 9.18 Å². The van der Waals surface area contributed by atoms with Crippen molar-refractivity contribution in [3.8, 4) is 11.1 Å². The molecule has 1 aliphatic heterocycles. The van der Waals surface area contributed by atoms with Gasteiger partial charge in [-0.05, 0) is 48.4 Å². The summed E-state index contributed by atoms with van der Waals surface area (Å²) < 4.78 is 91.6. The number of carbonyl (C=O) groups is 1. The van der Waals surface area contributed by atoms with Crippen molar-refractivity contribution in [2.45, 2.75) is 25.1 Å². The molecule has 1 aliphatic rings. The summed E-state index contributed by atoms with van der Waals surface area (Å²) in [6.45, 7) is 1.68. The quantitative estimate of drug-likeness (QED) is 0.148. The van der Waals surface area contributed by atoms with E-state index < -0.39 is 56.9 Å². The van der Waals surface area contributed by atoms with E-state index >= 15 is 0 Å². The van der Waals surface area contributed by atoms with Gasteiger partial charge in [0.1, 0.15) is 11.4 Å².